The molecule has 0 N–H and O–H groups in total. The summed E-state index contributed by atoms with van der Waals surface area (Å²) in [4.78, 5) is 35.5. The molecule has 1 aromatic heterocycles. The Balaban J connectivity index is 1.22. The SMILES string of the molecule is Cc1cc(-c2ccccc2)cnc1N1CCN(C(=O)c2ccc(N3C(=O)OC[C@H]3C)cc2)CC1. The Morgan fingerprint density at radius 2 is 1.68 bits per heavy atom. The molecule has 2 amide bonds. The molecule has 0 saturated carbocycles. The van der Waals surface area contributed by atoms with Crippen LogP contribution in [0.2, 0.25) is 0 Å². The van der Waals surface area contributed by atoms with E-state index < -0.39 is 0 Å². The first-order valence-corrected chi connectivity index (χ1v) is 11.6. The summed E-state index contributed by atoms with van der Waals surface area (Å²) in [6.45, 7) is 7.15. The number of hydrogen-bond acceptors (Lipinski definition) is 5. The first-order chi connectivity index (χ1) is 16.5. The van der Waals surface area contributed by atoms with Crippen molar-refractivity contribution < 1.29 is 14.3 Å². The molecule has 0 bridgehead atoms. The number of aryl methyl sites for hydroxylation is 1. The summed E-state index contributed by atoms with van der Waals surface area (Å²) in [6, 6.07) is 19.6. The van der Waals surface area contributed by atoms with Gasteiger partial charge in [0.2, 0.25) is 0 Å². The Morgan fingerprint density at radius 1 is 0.971 bits per heavy atom. The molecular weight excluding hydrogens is 428 g/mol. The fourth-order valence-electron chi connectivity index (χ4n) is 4.63. The van der Waals surface area contributed by atoms with Gasteiger partial charge in [0, 0.05) is 49.2 Å². The molecule has 3 aromatic rings. The number of aromatic nitrogens is 1. The molecular formula is C27H28N4O3. The van der Waals surface area contributed by atoms with E-state index >= 15 is 0 Å². The zero-order chi connectivity index (χ0) is 23.7. The highest BCUT2D eigenvalue weighted by atomic mass is 16.6. The van der Waals surface area contributed by atoms with Gasteiger partial charge in [-0.25, -0.2) is 9.78 Å². The smallest absolute Gasteiger partial charge is 0.414 e. The van der Waals surface area contributed by atoms with Crippen LogP contribution in [0, 0.1) is 6.92 Å². The van der Waals surface area contributed by atoms with Gasteiger partial charge < -0.3 is 14.5 Å². The van der Waals surface area contributed by atoms with Crippen LogP contribution in [0.3, 0.4) is 0 Å². The number of carbonyl (C=O) groups is 2. The molecule has 7 nitrogen and oxygen atoms in total. The van der Waals surface area contributed by atoms with E-state index in [2.05, 4.69) is 30.0 Å². The van der Waals surface area contributed by atoms with Crippen molar-refractivity contribution >= 4 is 23.5 Å². The van der Waals surface area contributed by atoms with Gasteiger partial charge in [0.25, 0.3) is 5.91 Å². The van der Waals surface area contributed by atoms with Crippen LogP contribution in [0.25, 0.3) is 11.1 Å². The Morgan fingerprint density at radius 3 is 2.29 bits per heavy atom. The molecule has 2 aliphatic rings. The second-order valence-corrected chi connectivity index (χ2v) is 8.85. The van der Waals surface area contributed by atoms with E-state index in [0.717, 1.165) is 41.3 Å². The minimum absolute atomic E-state index is 0.00681. The fourth-order valence-corrected chi connectivity index (χ4v) is 4.63. The standard InChI is InChI=1S/C27H28N4O3/c1-19-16-23(21-6-4-3-5-7-21)17-28-25(19)29-12-14-30(15-13-29)26(32)22-8-10-24(11-9-22)31-20(2)18-34-27(31)33/h3-11,16-17,20H,12-15,18H2,1-2H3/t20-/m1/s1. The number of anilines is 2. The van der Waals surface area contributed by atoms with Crippen LogP contribution in [0.1, 0.15) is 22.8 Å². The van der Waals surface area contributed by atoms with Crippen LogP contribution in [0.4, 0.5) is 16.3 Å². The van der Waals surface area contributed by atoms with Gasteiger partial charge >= 0.3 is 6.09 Å². The number of cyclic esters (lactones) is 1. The molecule has 3 heterocycles. The Bertz CT molecular complexity index is 1190. The zero-order valence-corrected chi connectivity index (χ0v) is 19.5. The number of hydrogen-bond donors (Lipinski definition) is 0. The third-order valence-electron chi connectivity index (χ3n) is 6.50. The monoisotopic (exact) mass is 456 g/mol. The van der Waals surface area contributed by atoms with Crippen molar-refractivity contribution in [1.29, 1.82) is 0 Å². The number of nitrogens with zero attached hydrogens (tertiary/aromatic N) is 4. The molecule has 2 fully saturated rings. The third-order valence-corrected chi connectivity index (χ3v) is 6.50. The highest BCUT2D eigenvalue weighted by molar-refractivity contribution is 5.96. The van der Waals surface area contributed by atoms with Gasteiger partial charge in [0.05, 0.1) is 6.04 Å². The lowest BCUT2D eigenvalue weighted by molar-refractivity contribution is 0.0746. The molecule has 2 aromatic carbocycles. The lowest BCUT2D eigenvalue weighted by Gasteiger charge is -2.36. The van der Waals surface area contributed by atoms with Gasteiger partial charge in [-0.1, -0.05) is 30.3 Å². The first-order valence-electron chi connectivity index (χ1n) is 11.6. The van der Waals surface area contributed by atoms with Crippen molar-refractivity contribution in [2.45, 2.75) is 19.9 Å². The van der Waals surface area contributed by atoms with E-state index in [9.17, 15) is 9.59 Å². The fraction of sp³-hybridized carbons (Fsp3) is 0.296. The summed E-state index contributed by atoms with van der Waals surface area (Å²) >= 11 is 0. The van der Waals surface area contributed by atoms with Gasteiger partial charge in [-0.15, -0.1) is 0 Å². The Kier molecular flexibility index (Phi) is 5.92. The summed E-state index contributed by atoms with van der Waals surface area (Å²) in [6.07, 6.45) is 1.58. The third kappa shape index (κ3) is 4.21. The van der Waals surface area contributed by atoms with Crippen LogP contribution >= 0.6 is 0 Å². The maximum Gasteiger partial charge on any atom is 0.414 e. The van der Waals surface area contributed by atoms with Gasteiger partial charge in [0.15, 0.2) is 0 Å². The first kappa shape index (κ1) is 21.9. The topological polar surface area (TPSA) is 66.0 Å². The molecule has 1 atom stereocenters. The second kappa shape index (κ2) is 9.17. The molecule has 7 heteroatoms. The van der Waals surface area contributed by atoms with Crippen molar-refractivity contribution in [2.75, 3.05) is 42.6 Å². The van der Waals surface area contributed by atoms with Crippen molar-refractivity contribution in [3.63, 3.8) is 0 Å². The van der Waals surface area contributed by atoms with E-state index in [0.29, 0.717) is 25.3 Å². The quantitative estimate of drug-likeness (QED) is 0.584. The van der Waals surface area contributed by atoms with Crippen LogP contribution in [0.15, 0.2) is 66.9 Å². The molecule has 0 unspecified atom stereocenters. The molecule has 2 saturated heterocycles. The summed E-state index contributed by atoms with van der Waals surface area (Å²) in [7, 11) is 0. The average Bonchev–Trinajstić information content (AvgIpc) is 3.22. The van der Waals surface area contributed by atoms with Gasteiger partial charge in [-0.05, 0) is 55.3 Å². The van der Waals surface area contributed by atoms with Crippen LogP contribution < -0.4 is 9.80 Å². The van der Waals surface area contributed by atoms with Crippen molar-refractivity contribution in [1.82, 2.24) is 9.88 Å². The summed E-state index contributed by atoms with van der Waals surface area (Å²) in [5, 5.41) is 0. The van der Waals surface area contributed by atoms with Crippen molar-refractivity contribution in [2.24, 2.45) is 0 Å². The molecule has 5 rings (SSSR count). The van der Waals surface area contributed by atoms with Gasteiger partial charge in [-0.3, -0.25) is 9.69 Å². The van der Waals surface area contributed by atoms with E-state index in [1.54, 1.807) is 17.0 Å². The minimum atomic E-state index is -0.344. The Hall–Kier alpha value is -3.87. The normalized spacial score (nSPS) is 18.2. The predicted molar refractivity (Wildman–Crippen MR) is 132 cm³/mol. The summed E-state index contributed by atoms with van der Waals surface area (Å²) in [5.41, 5.74) is 4.76. The molecule has 2 aliphatic heterocycles. The molecule has 0 aliphatic carbocycles. The Labute approximate surface area is 199 Å². The predicted octanol–water partition coefficient (Wildman–Crippen LogP) is 4.36. The number of pyridine rings is 1. The highest BCUT2D eigenvalue weighted by Crippen LogP contribution is 2.26. The van der Waals surface area contributed by atoms with E-state index in [4.69, 9.17) is 9.72 Å². The number of rotatable bonds is 4. The van der Waals surface area contributed by atoms with E-state index in [-0.39, 0.29) is 18.0 Å². The van der Waals surface area contributed by atoms with Gasteiger partial charge in [0.1, 0.15) is 12.4 Å². The lowest BCUT2D eigenvalue weighted by atomic mass is 10.1. The number of amides is 2. The summed E-state index contributed by atoms with van der Waals surface area (Å²) < 4.78 is 5.09. The zero-order valence-electron chi connectivity index (χ0n) is 19.5. The molecule has 0 radical (unpaired) electrons. The number of piperazine rings is 1. The molecule has 0 spiro atoms. The average molecular weight is 457 g/mol. The van der Waals surface area contributed by atoms with Crippen LogP contribution in [-0.2, 0) is 4.74 Å². The minimum Gasteiger partial charge on any atom is -0.447 e. The molecule has 174 valence electrons. The lowest BCUT2D eigenvalue weighted by Crippen LogP contribution is -2.49. The van der Waals surface area contributed by atoms with E-state index in [1.807, 2.05) is 48.4 Å². The number of benzene rings is 2. The maximum absolute atomic E-state index is 13.1. The molecule has 34 heavy (non-hydrogen) atoms. The van der Waals surface area contributed by atoms with Crippen LogP contribution in [-0.4, -0.2) is 60.7 Å². The summed E-state index contributed by atoms with van der Waals surface area (Å²) in [5.74, 6) is 0.982. The number of carbonyl (C=O) groups excluding carboxylic acids is 2. The largest absolute Gasteiger partial charge is 0.447 e. The van der Waals surface area contributed by atoms with Crippen molar-refractivity contribution in [3.8, 4) is 11.1 Å². The van der Waals surface area contributed by atoms with Gasteiger partial charge in [-0.2, -0.15) is 0 Å². The second-order valence-electron chi connectivity index (χ2n) is 8.85. The van der Waals surface area contributed by atoms with E-state index in [1.165, 1.54) is 0 Å². The number of ether oxygens (including phenoxy) is 1. The van der Waals surface area contributed by atoms with Crippen LogP contribution in [0.5, 0.6) is 0 Å². The highest BCUT2D eigenvalue weighted by Gasteiger charge is 2.31. The maximum atomic E-state index is 13.1. The van der Waals surface area contributed by atoms with Crippen molar-refractivity contribution in [3.05, 3.63) is 78.0 Å².